The molecule has 0 saturated carbocycles. The fourth-order valence-electron chi connectivity index (χ4n) is 3.29. The zero-order valence-electron chi connectivity index (χ0n) is 16.2. The van der Waals surface area contributed by atoms with Gasteiger partial charge in [0.1, 0.15) is 11.6 Å². The molecule has 1 amide bonds. The van der Waals surface area contributed by atoms with Crippen LogP contribution < -0.4 is 4.74 Å². The van der Waals surface area contributed by atoms with E-state index in [1.807, 2.05) is 55.4 Å². The van der Waals surface area contributed by atoms with Crippen LogP contribution in [0.4, 0.5) is 0 Å². The Morgan fingerprint density at radius 3 is 2.48 bits per heavy atom. The molecular weight excluding hydrogens is 340 g/mol. The standard InChI is InChI=1S/C21H28N4O2/c1-3-27-20-7-5-18(6-8-20)13-21(26)25-10-4-9-24(11-12-25)16-19-14-22-17(2)23-15-19/h5-8,14-15H,3-4,9-13,16H2,1-2H3. The maximum absolute atomic E-state index is 12.7. The molecule has 0 aliphatic carbocycles. The number of aromatic nitrogens is 2. The van der Waals surface area contributed by atoms with Crippen LogP contribution in [-0.2, 0) is 17.8 Å². The maximum Gasteiger partial charge on any atom is 0.227 e. The van der Waals surface area contributed by atoms with Crippen LogP contribution in [0.3, 0.4) is 0 Å². The topological polar surface area (TPSA) is 58.6 Å². The first kappa shape index (κ1) is 19.3. The Morgan fingerprint density at radius 1 is 1.04 bits per heavy atom. The van der Waals surface area contributed by atoms with Gasteiger partial charge >= 0.3 is 0 Å². The lowest BCUT2D eigenvalue weighted by Crippen LogP contribution is -2.36. The number of benzene rings is 1. The van der Waals surface area contributed by atoms with Crippen molar-refractivity contribution < 1.29 is 9.53 Å². The number of hydrogen-bond donors (Lipinski definition) is 0. The Morgan fingerprint density at radius 2 is 1.78 bits per heavy atom. The quantitative estimate of drug-likeness (QED) is 0.784. The minimum atomic E-state index is 0.194. The summed E-state index contributed by atoms with van der Waals surface area (Å²) in [5.41, 5.74) is 2.15. The lowest BCUT2D eigenvalue weighted by Gasteiger charge is -2.22. The highest BCUT2D eigenvalue weighted by Crippen LogP contribution is 2.14. The van der Waals surface area contributed by atoms with E-state index in [-0.39, 0.29) is 5.91 Å². The number of hydrogen-bond acceptors (Lipinski definition) is 5. The van der Waals surface area contributed by atoms with Crippen LogP contribution in [0.2, 0.25) is 0 Å². The Hall–Kier alpha value is -2.47. The Kier molecular flexibility index (Phi) is 6.76. The monoisotopic (exact) mass is 368 g/mol. The van der Waals surface area contributed by atoms with Crippen LogP contribution in [0.15, 0.2) is 36.7 Å². The van der Waals surface area contributed by atoms with Gasteiger partial charge in [0.2, 0.25) is 5.91 Å². The predicted octanol–water partition coefficient (Wildman–Crippen LogP) is 2.46. The molecule has 1 aliphatic heterocycles. The van der Waals surface area contributed by atoms with Crippen molar-refractivity contribution in [3.8, 4) is 5.75 Å². The minimum Gasteiger partial charge on any atom is -0.494 e. The Balaban J connectivity index is 1.50. The number of nitrogens with zero attached hydrogens (tertiary/aromatic N) is 4. The fraction of sp³-hybridized carbons (Fsp3) is 0.476. The summed E-state index contributed by atoms with van der Waals surface area (Å²) < 4.78 is 5.46. The van der Waals surface area contributed by atoms with Crippen LogP contribution in [0.25, 0.3) is 0 Å². The van der Waals surface area contributed by atoms with E-state index in [2.05, 4.69) is 14.9 Å². The molecule has 0 radical (unpaired) electrons. The second-order valence-corrected chi connectivity index (χ2v) is 6.90. The van der Waals surface area contributed by atoms with Crippen molar-refractivity contribution in [1.29, 1.82) is 0 Å². The summed E-state index contributed by atoms with van der Waals surface area (Å²) in [4.78, 5) is 25.6. The van der Waals surface area contributed by atoms with Gasteiger partial charge in [0.05, 0.1) is 13.0 Å². The molecule has 1 aromatic carbocycles. The van der Waals surface area contributed by atoms with Gasteiger partial charge in [0.25, 0.3) is 0 Å². The third-order valence-corrected chi connectivity index (χ3v) is 4.77. The number of ether oxygens (including phenoxy) is 1. The molecule has 1 saturated heterocycles. The lowest BCUT2D eigenvalue weighted by atomic mass is 10.1. The van der Waals surface area contributed by atoms with Crippen molar-refractivity contribution >= 4 is 5.91 Å². The van der Waals surface area contributed by atoms with E-state index in [0.29, 0.717) is 13.0 Å². The maximum atomic E-state index is 12.7. The number of carbonyl (C=O) groups is 1. The van der Waals surface area contributed by atoms with E-state index in [4.69, 9.17) is 4.74 Å². The van der Waals surface area contributed by atoms with E-state index in [9.17, 15) is 4.79 Å². The van der Waals surface area contributed by atoms with Crippen molar-refractivity contribution in [2.24, 2.45) is 0 Å². The second-order valence-electron chi connectivity index (χ2n) is 6.90. The third kappa shape index (κ3) is 5.76. The minimum absolute atomic E-state index is 0.194. The zero-order valence-corrected chi connectivity index (χ0v) is 16.2. The summed E-state index contributed by atoms with van der Waals surface area (Å²) in [6.45, 7) is 8.79. The molecule has 2 heterocycles. The third-order valence-electron chi connectivity index (χ3n) is 4.77. The molecule has 144 valence electrons. The van der Waals surface area contributed by atoms with Crippen molar-refractivity contribution in [3.63, 3.8) is 0 Å². The van der Waals surface area contributed by atoms with Crippen molar-refractivity contribution in [2.45, 2.75) is 33.2 Å². The number of rotatable bonds is 6. The molecule has 0 atom stereocenters. The number of amides is 1. The van der Waals surface area contributed by atoms with Crippen molar-refractivity contribution in [2.75, 3.05) is 32.8 Å². The van der Waals surface area contributed by atoms with Crippen LogP contribution in [0.1, 0.15) is 30.3 Å². The van der Waals surface area contributed by atoms with Gasteiger partial charge in [-0.1, -0.05) is 12.1 Å². The number of aryl methyl sites for hydroxylation is 1. The zero-order chi connectivity index (χ0) is 19.1. The van der Waals surface area contributed by atoms with Gasteiger partial charge in [-0.05, 0) is 38.0 Å². The summed E-state index contributed by atoms with van der Waals surface area (Å²) in [7, 11) is 0. The van der Waals surface area contributed by atoms with Crippen molar-refractivity contribution in [3.05, 3.63) is 53.6 Å². The normalized spacial score (nSPS) is 15.4. The summed E-state index contributed by atoms with van der Waals surface area (Å²) >= 11 is 0. The first-order valence-corrected chi connectivity index (χ1v) is 9.63. The van der Waals surface area contributed by atoms with Gasteiger partial charge in [0.15, 0.2) is 0 Å². The summed E-state index contributed by atoms with van der Waals surface area (Å²) in [5.74, 6) is 1.83. The molecule has 6 heteroatoms. The molecule has 0 bridgehead atoms. The van der Waals surface area contributed by atoms with Crippen LogP contribution >= 0.6 is 0 Å². The van der Waals surface area contributed by atoms with Gasteiger partial charge < -0.3 is 9.64 Å². The molecule has 0 spiro atoms. The van der Waals surface area contributed by atoms with Crippen LogP contribution in [0, 0.1) is 6.92 Å². The molecule has 1 aromatic heterocycles. The summed E-state index contributed by atoms with van der Waals surface area (Å²) in [5, 5.41) is 0. The predicted molar refractivity (Wildman–Crippen MR) is 105 cm³/mol. The number of carbonyl (C=O) groups excluding carboxylic acids is 1. The fourth-order valence-corrected chi connectivity index (χ4v) is 3.29. The van der Waals surface area contributed by atoms with E-state index in [1.54, 1.807) is 0 Å². The average Bonchev–Trinajstić information content (AvgIpc) is 2.91. The molecule has 0 N–H and O–H groups in total. The first-order valence-electron chi connectivity index (χ1n) is 9.63. The molecule has 1 fully saturated rings. The molecule has 6 nitrogen and oxygen atoms in total. The Labute approximate surface area is 161 Å². The molecular formula is C21H28N4O2. The molecule has 0 unspecified atom stereocenters. The molecule has 2 aromatic rings. The largest absolute Gasteiger partial charge is 0.494 e. The van der Waals surface area contributed by atoms with Gasteiger partial charge in [-0.2, -0.15) is 0 Å². The summed E-state index contributed by atoms with van der Waals surface area (Å²) in [6.07, 6.45) is 5.21. The van der Waals surface area contributed by atoms with E-state index in [0.717, 1.165) is 61.8 Å². The van der Waals surface area contributed by atoms with Gasteiger partial charge in [-0.3, -0.25) is 9.69 Å². The van der Waals surface area contributed by atoms with E-state index < -0.39 is 0 Å². The highest BCUT2D eigenvalue weighted by molar-refractivity contribution is 5.78. The smallest absolute Gasteiger partial charge is 0.227 e. The van der Waals surface area contributed by atoms with Gasteiger partial charge in [0, 0.05) is 50.7 Å². The molecule has 27 heavy (non-hydrogen) atoms. The van der Waals surface area contributed by atoms with Crippen LogP contribution in [-0.4, -0.2) is 58.5 Å². The van der Waals surface area contributed by atoms with Crippen LogP contribution in [0.5, 0.6) is 5.75 Å². The SMILES string of the molecule is CCOc1ccc(CC(=O)N2CCCN(Cc3cnc(C)nc3)CC2)cc1. The van der Waals surface area contributed by atoms with Gasteiger partial charge in [-0.25, -0.2) is 9.97 Å². The van der Waals surface area contributed by atoms with E-state index >= 15 is 0 Å². The van der Waals surface area contributed by atoms with E-state index in [1.165, 1.54) is 0 Å². The average molecular weight is 368 g/mol. The summed E-state index contributed by atoms with van der Waals surface area (Å²) in [6, 6.07) is 7.81. The van der Waals surface area contributed by atoms with Gasteiger partial charge in [-0.15, -0.1) is 0 Å². The Bertz CT molecular complexity index is 731. The molecule has 1 aliphatic rings. The lowest BCUT2D eigenvalue weighted by molar-refractivity contribution is -0.130. The van der Waals surface area contributed by atoms with Crippen molar-refractivity contribution in [1.82, 2.24) is 19.8 Å². The highest BCUT2D eigenvalue weighted by Gasteiger charge is 2.19. The second kappa shape index (κ2) is 9.46. The molecule has 3 rings (SSSR count). The first-order chi connectivity index (χ1) is 13.1. The highest BCUT2D eigenvalue weighted by atomic mass is 16.5.